The van der Waals surface area contributed by atoms with E-state index in [2.05, 4.69) is 15.9 Å². The van der Waals surface area contributed by atoms with Crippen LogP contribution in [0.25, 0.3) is 0 Å². The Morgan fingerprint density at radius 3 is 2.95 bits per heavy atom. The van der Waals surface area contributed by atoms with Crippen molar-refractivity contribution in [2.45, 2.75) is 13.3 Å². The van der Waals surface area contributed by atoms with Crippen LogP contribution in [-0.4, -0.2) is 37.1 Å². The van der Waals surface area contributed by atoms with Crippen molar-refractivity contribution in [2.75, 3.05) is 32.0 Å². The molecule has 1 heterocycles. The molecule has 4 nitrogen and oxygen atoms in total. The normalized spacial score (nSPS) is 18.5. The van der Waals surface area contributed by atoms with Crippen molar-refractivity contribution in [3.8, 4) is 0 Å². The van der Waals surface area contributed by atoms with E-state index in [0.717, 1.165) is 30.7 Å². The van der Waals surface area contributed by atoms with Gasteiger partial charge in [0.25, 0.3) is 5.91 Å². The minimum Gasteiger partial charge on any atom is -0.398 e. The summed E-state index contributed by atoms with van der Waals surface area (Å²) in [6.45, 7) is 5.04. The molecule has 0 spiro atoms. The molecule has 1 aromatic rings. The predicted octanol–water partition coefficient (Wildman–Crippen LogP) is 2.53. The Kier molecular flexibility index (Phi) is 4.82. The van der Waals surface area contributed by atoms with E-state index in [1.165, 1.54) is 0 Å². The summed E-state index contributed by atoms with van der Waals surface area (Å²) < 4.78 is 6.12. The Morgan fingerprint density at radius 2 is 2.37 bits per heavy atom. The molecule has 19 heavy (non-hydrogen) atoms. The lowest BCUT2D eigenvalue weighted by molar-refractivity contribution is 0.0731. The zero-order chi connectivity index (χ0) is 13.8. The van der Waals surface area contributed by atoms with Gasteiger partial charge in [-0.15, -0.1) is 0 Å². The van der Waals surface area contributed by atoms with Gasteiger partial charge in [0.05, 0.1) is 6.61 Å². The molecule has 1 aliphatic rings. The number of benzene rings is 1. The number of nitrogens with two attached hydrogens (primary N) is 1. The lowest BCUT2D eigenvalue weighted by Gasteiger charge is -2.24. The Hall–Kier alpha value is -1.07. The summed E-state index contributed by atoms with van der Waals surface area (Å²) in [4.78, 5) is 14.3. The molecule has 0 saturated carbocycles. The second kappa shape index (κ2) is 6.39. The van der Waals surface area contributed by atoms with Crippen molar-refractivity contribution in [3.05, 3.63) is 28.2 Å². The second-order valence-corrected chi connectivity index (χ2v) is 5.66. The standard InChI is InChI=1S/C14H19BrN2O2/c1-2-17(8-10-5-6-19-9-10)14(18)11-3-4-13(16)12(15)7-11/h3-4,7,10H,2,5-6,8-9,16H2,1H3. The number of anilines is 1. The van der Waals surface area contributed by atoms with Crippen molar-refractivity contribution in [1.29, 1.82) is 0 Å². The van der Waals surface area contributed by atoms with Gasteiger partial charge < -0.3 is 15.4 Å². The Balaban J connectivity index is 2.08. The maximum atomic E-state index is 12.5. The number of amides is 1. The van der Waals surface area contributed by atoms with Gasteiger partial charge in [0.2, 0.25) is 0 Å². The molecule has 0 aliphatic carbocycles. The first-order valence-corrected chi connectivity index (χ1v) is 7.33. The van der Waals surface area contributed by atoms with Crippen molar-refractivity contribution < 1.29 is 9.53 Å². The first-order chi connectivity index (χ1) is 9.11. The van der Waals surface area contributed by atoms with Crippen LogP contribution >= 0.6 is 15.9 Å². The third-order valence-corrected chi connectivity index (χ3v) is 4.11. The minimum atomic E-state index is 0.0510. The maximum absolute atomic E-state index is 12.5. The molecule has 1 amide bonds. The van der Waals surface area contributed by atoms with E-state index in [4.69, 9.17) is 10.5 Å². The number of hydrogen-bond donors (Lipinski definition) is 1. The molecule has 5 heteroatoms. The molecule has 2 rings (SSSR count). The van der Waals surface area contributed by atoms with Crippen LogP contribution in [0.2, 0.25) is 0 Å². The van der Waals surface area contributed by atoms with Crippen molar-refractivity contribution in [2.24, 2.45) is 5.92 Å². The first kappa shape index (κ1) is 14.3. The van der Waals surface area contributed by atoms with Gasteiger partial charge in [-0.3, -0.25) is 4.79 Å². The van der Waals surface area contributed by atoms with E-state index in [-0.39, 0.29) is 5.91 Å². The van der Waals surface area contributed by atoms with Gasteiger partial charge in [0.15, 0.2) is 0 Å². The average Bonchev–Trinajstić information content (AvgIpc) is 2.91. The van der Waals surface area contributed by atoms with Crippen LogP contribution in [0.3, 0.4) is 0 Å². The van der Waals surface area contributed by atoms with Crippen LogP contribution in [0.5, 0.6) is 0 Å². The van der Waals surface area contributed by atoms with Crippen LogP contribution in [0.4, 0.5) is 5.69 Å². The first-order valence-electron chi connectivity index (χ1n) is 6.54. The topological polar surface area (TPSA) is 55.6 Å². The summed E-state index contributed by atoms with van der Waals surface area (Å²) in [6, 6.07) is 5.31. The molecule has 0 radical (unpaired) electrons. The van der Waals surface area contributed by atoms with Gasteiger partial charge in [-0.25, -0.2) is 0 Å². The average molecular weight is 327 g/mol. The summed E-state index contributed by atoms with van der Waals surface area (Å²) >= 11 is 3.36. The number of ether oxygens (including phenoxy) is 1. The zero-order valence-electron chi connectivity index (χ0n) is 11.1. The number of hydrogen-bond acceptors (Lipinski definition) is 3. The molecule has 2 N–H and O–H groups in total. The summed E-state index contributed by atoms with van der Waals surface area (Å²) in [5.41, 5.74) is 7.05. The summed E-state index contributed by atoms with van der Waals surface area (Å²) in [6.07, 6.45) is 1.04. The van der Waals surface area contributed by atoms with E-state index in [9.17, 15) is 4.79 Å². The third kappa shape index (κ3) is 3.48. The quantitative estimate of drug-likeness (QED) is 0.865. The van der Waals surface area contributed by atoms with Crippen LogP contribution in [0, 0.1) is 5.92 Å². The SMILES string of the molecule is CCN(CC1CCOC1)C(=O)c1ccc(N)c(Br)c1. The van der Waals surface area contributed by atoms with Crippen LogP contribution in [-0.2, 0) is 4.74 Å². The molecule has 1 aromatic carbocycles. The van der Waals surface area contributed by atoms with E-state index in [1.54, 1.807) is 18.2 Å². The highest BCUT2D eigenvalue weighted by Gasteiger charge is 2.22. The van der Waals surface area contributed by atoms with Gasteiger partial charge in [0.1, 0.15) is 0 Å². The van der Waals surface area contributed by atoms with Crippen molar-refractivity contribution in [3.63, 3.8) is 0 Å². The fourth-order valence-electron chi connectivity index (χ4n) is 2.24. The Labute approximate surface area is 122 Å². The summed E-state index contributed by atoms with van der Waals surface area (Å²) in [5.74, 6) is 0.510. The fraction of sp³-hybridized carbons (Fsp3) is 0.500. The highest BCUT2D eigenvalue weighted by Crippen LogP contribution is 2.22. The number of nitrogens with zero attached hydrogens (tertiary/aromatic N) is 1. The maximum Gasteiger partial charge on any atom is 0.253 e. The Bertz CT molecular complexity index is 459. The van der Waals surface area contributed by atoms with E-state index >= 15 is 0 Å². The highest BCUT2D eigenvalue weighted by atomic mass is 79.9. The predicted molar refractivity (Wildman–Crippen MR) is 79.1 cm³/mol. The van der Waals surface area contributed by atoms with E-state index in [1.807, 2.05) is 11.8 Å². The van der Waals surface area contributed by atoms with Gasteiger partial charge in [-0.1, -0.05) is 0 Å². The van der Waals surface area contributed by atoms with Gasteiger partial charge in [-0.05, 0) is 47.5 Å². The van der Waals surface area contributed by atoms with E-state index in [0.29, 0.717) is 23.7 Å². The number of halogens is 1. The smallest absolute Gasteiger partial charge is 0.253 e. The van der Waals surface area contributed by atoms with Gasteiger partial charge >= 0.3 is 0 Å². The monoisotopic (exact) mass is 326 g/mol. The second-order valence-electron chi connectivity index (χ2n) is 4.81. The largest absolute Gasteiger partial charge is 0.398 e. The van der Waals surface area contributed by atoms with Crippen LogP contribution < -0.4 is 5.73 Å². The minimum absolute atomic E-state index is 0.0510. The molecule has 0 aromatic heterocycles. The number of carbonyl (C=O) groups is 1. The molecule has 0 bridgehead atoms. The van der Waals surface area contributed by atoms with E-state index < -0.39 is 0 Å². The Morgan fingerprint density at radius 1 is 1.58 bits per heavy atom. The van der Waals surface area contributed by atoms with Gasteiger partial charge in [0, 0.05) is 41.3 Å². The summed E-state index contributed by atoms with van der Waals surface area (Å²) in [5, 5.41) is 0. The molecule has 1 fully saturated rings. The molecule has 1 unspecified atom stereocenters. The number of nitrogen functional groups attached to an aromatic ring is 1. The van der Waals surface area contributed by atoms with Crippen LogP contribution in [0.1, 0.15) is 23.7 Å². The van der Waals surface area contributed by atoms with Gasteiger partial charge in [-0.2, -0.15) is 0 Å². The summed E-state index contributed by atoms with van der Waals surface area (Å²) in [7, 11) is 0. The number of rotatable bonds is 4. The lowest BCUT2D eigenvalue weighted by Crippen LogP contribution is -2.35. The number of carbonyl (C=O) groups excluding carboxylic acids is 1. The molecule has 1 saturated heterocycles. The highest BCUT2D eigenvalue weighted by molar-refractivity contribution is 9.10. The molecule has 1 aliphatic heterocycles. The zero-order valence-corrected chi connectivity index (χ0v) is 12.6. The molecular weight excluding hydrogens is 308 g/mol. The fourth-order valence-corrected chi connectivity index (χ4v) is 2.62. The lowest BCUT2D eigenvalue weighted by atomic mass is 10.1. The van der Waals surface area contributed by atoms with Crippen molar-refractivity contribution in [1.82, 2.24) is 4.90 Å². The molecular formula is C14H19BrN2O2. The molecule has 104 valence electrons. The third-order valence-electron chi connectivity index (χ3n) is 3.42. The van der Waals surface area contributed by atoms with Crippen LogP contribution in [0.15, 0.2) is 22.7 Å². The van der Waals surface area contributed by atoms with Crippen molar-refractivity contribution >= 4 is 27.5 Å². The molecule has 1 atom stereocenters.